The molecule has 0 radical (unpaired) electrons. The van der Waals surface area contributed by atoms with Crippen LogP contribution in [-0.2, 0) is 0 Å². The van der Waals surface area contributed by atoms with Crippen LogP contribution in [0.1, 0.15) is 23.6 Å². The zero-order valence-corrected chi connectivity index (χ0v) is 10.6. The van der Waals surface area contributed by atoms with Gasteiger partial charge >= 0.3 is 0 Å². The molecule has 2 N–H and O–H groups in total. The topological polar surface area (TPSA) is 64.9 Å². The summed E-state index contributed by atoms with van der Waals surface area (Å²) in [5, 5.41) is 8.48. The number of rotatable bonds is 4. The van der Waals surface area contributed by atoms with Gasteiger partial charge in [0, 0.05) is 13.0 Å². The Hall–Kier alpha value is -1.33. The second-order valence-corrected chi connectivity index (χ2v) is 4.99. The lowest BCUT2D eigenvalue weighted by Gasteiger charge is -2.18. The molecule has 0 saturated carbocycles. The van der Waals surface area contributed by atoms with E-state index in [9.17, 15) is 0 Å². The minimum absolute atomic E-state index is 0.00889. The molecule has 0 amide bonds. The Morgan fingerprint density at radius 2 is 1.94 bits per heavy atom. The molecule has 0 aliphatic carbocycles. The molecule has 1 aromatic heterocycles. The van der Waals surface area contributed by atoms with Crippen LogP contribution >= 0.6 is 11.8 Å². The Labute approximate surface area is 105 Å². The second kappa shape index (κ2) is 5.33. The summed E-state index contributed by atoms with van der Waals surface area (Å²) in [5.41, 5.74) is 7.18. The zero-order chi connectivity index (χ0) is 12.3. The fourth-order valence-corrected chi connectivity index (χ4v) is 2.54. The Morgan fingerprint density at radius 1 is 1.24 bits per heavy atom. The third-order valence-electron chi connectivity index (χ3n) is 2.34. The number of thioether (sulfide) groups is 1. The van der Waals surface area contributed by atoms with Crippen molar-refractivity contribution in [2.24, 2.45) is 5.73 Å². The molecule has 17 heavy (non-hydrogen) atoms. The van der Waals surface area contributed by atoms with Crippen molar-refractivity contribution in [2.45, 2.75) is 30.4 Å². The quantitative estimate of drug-likeness (QED) is 0.844. The van der Waals surface area contributed by atoms with Gasteiger partial charge in [0.15, 0.2) is 0 Å². The van der Waals surface area contributed by atoms with Crippen LogP contribution in [-0.4, -0.2) is 16.2 Å². The molecule has 0 bridgehead atoms. The molecule has 2 aromatic rings. The van der Waals surface area contributed by atoms with E-state index in [0.29, 0.717) is 11.1 Å². The lowest BCUT2D eigenvalue weighted by Crippen LogP contribution is -2.22. The minimum Gasteiger partial charge on any atom is -0.416 e. The van der Waals surface area contributed by atoms with Gasteiger partial charge in [-0.1, -0.05) is 42.1 Å². The number of benzene rings is 1. The minimum atomic E-state index is 0.00889. The van der Waals surface area contributed by atoms with E-state index in [4.69, 9.17) is 10.2 Å². The number of aryl methyl sites for hydroxylation is 1. The van der Waals surface area contributed by atoms with Crippen molar-refractivity contribution >= 4 is 11.8 Å². The number of aromatic nitrogens is 2. The van der Waals surface area contributed by atoms with Gasteiger partial charge < -0.3 is 10.2 Å². The third kappa shape index (κ3) is 3.08. The molecule has 4 nitrogen and oxygen atoms in total. The highest BCUT2D eigenvalue weighted by atomic mass is 32.2. The van der Waals surface area contributed by atoms with Crippen molar-refractivity contribution < 1.29 is 4.42 Å². The fraction of sp³-hybridized carbons (Fsp3) is 0.333. The van der Waals surface area contributed by atoms with Gasteiger partial charge in [-0.15, -0.1) is 10.2 Å². The van der Waals surface area contributed by atoms with Crippen LogP contribution < -0.4 is 5.73 Å². The van der Waals surface area contributed by atoms with Crippen molar-refractivity contribution in [1.29, 1.82) is 0 Å². The van der Waals surface area contributed by atoms with E-state index in [1.165, 1.54) is 17.3 Å². The number of nitrogens with two attached hydrogens (primary N) is 1. The molecule has 5 heteroatoms. The van der Waals surface area contributed by atoms with E-state index in [1.54, 1.807) is 6.92 Å². The summed E-state index contributed by atoms with van der Waals surface area (Å²) in [6.07, 6.45) is 0. The van der Waals surface area contributed by atoms with E-state index in [1.807, 2.05) is 25.1 Å². The Balaban J connectivity index is 2.19. The van der Waals surface area contributed by atoms with Crippen molar-refractivity contribution in [2.75, 3.05) is 0 Å². The second-order valence-electron chi connectivity index (χ2n) is 3.90. The van der Waals surface area contributed by atoms with E-state index >= 15 is 0 Å². The smallest absolute Gasteiger partial charge is 0.277 e. The number of nitrogens with zero attached hydrogens (tertiary/aromatic N) is 2. The lowest BCUT2D eigenvalue weighted by atomic mass is 10.1. The average molecular weight is 249 g/mol. The first kappa shape index (κ1) is 12.1. The standard InChI is InChI=1S/C12H15N3OS/c1-8(13)11(10-6-4-3-5-7-10)17-12-15-14-9(2)16-12/h3-8,11H,13H2,1-2H3. The van der Waals surface area contributed by atoms with E-state index in [-0.39, 0.29) is 11.3 Å². The van der Waals surface area contributed by atoms with Gasteiger partial charge in [0.2, 0.25) is 5.89 Å². The molecular formula is C12H15N3OS. The van der Waals surface area contributed by atoms with Crippen molar-refractivity contribution in [3.63, 3.8) is 0 Å². The number of hydrogen-bond acceptors (Lipinski definition) is 5. The van der Waals surface area contributed by atoms with Gasteiger partial charge in [0.05, 0.1) is 5.25 Å². The van der Waals surface area contributed by atoms with Crippen molar-refractivity contribution in [3.8, 4) is 0 Å². The Bertz CT molecular complexity index is 470. The zero-order valence-electron chi connectivity index (χ0n) is 9.83. The summed E-state index contributed by atoms with van der Waals surface area (Å²) in [4.78, 5) is 0. The highest BCUT2D eigenvalue weighted by molar-refractivity contribution is 7.99. The monoisotopic (exact) mass is 249 g/mol. The first-order valence-corrected chi connectivity index (χ1v) is 6.32. The molecule has 2 atom stereocenters. The SMILES string of the molecule is Cc1nnc(SC(c2ccccc2)C(C)N)o1. The summed E-state index contributed by atoms with van der Waals surface area (Å²) in [6.45, 7) is 3.76. The Kier molecular flexibility index (Phi) is 3.81. The molecule has 90 valence electrons. The molecule has 0 aliphatic rings. The molecule has 0 fully saturated rings. The maximum atomic E-state index is 6.01. The Morgan fingerprint density at radius 3 is 2.47 bits per heavy atom. The average Bonchev–Trinajstić information content (AvgIpc) is 2.73. The first-order valence-electron chi connectivity index (χ1n) is 5.44. The molecule has 0 spiro atoms. The van der Waals surface area contributed by atoms with Gasteiger partial charge in [-0.3, -0.25) is 0 Å². The first-order chi connectivity index (χ1) is 8.16. The van der Waals surface area contributed by atoms with Gasteiger partial charge in [0.25, 0.3) is 5.22 Å². The van der Waals surface area contributed by atoms with Crippen LogP contribution in [0, 0.1) is 6.92 Å². The van der Waals surface area contributed by atoms with Crippen LogP contribution in [0.3, 0.4) is 0 Å². The molecule has 1 aromatic carbocycles. The predicted octanol–water partition coefficient (Wildman–Crippen LogP) is 2.56. The fourth-order valence-electron chi connectivity index (χ4n) is 1.56. The van der Waals surface area contributed by atoms with E-state index < -0.39 is 0 Å². The maximum Gasteiger partial charge on any atom is 0.277 e. The molecule has 0 saturated heterocycles. The highest BCUT2D eigenvalue weighted by Gasteiger charge is 2.20. The van der Waals surface area contributed by atoms with Gasteiger partial charge in [0.1, 0.15) is 0 Å². The summed E-state index contributed by atoms with van der Waals surface area (Å²) in [5.74, 6) is 0.573. The maximum absolute atomic E-state index is 6.01. The van der Waals surface area contributed by atoms with Crippen molar-refractivity contribution in [3.05, 3.63) is 41.8 Å². The van der Waals surface area contributed by atoms with Crippen LogP contribution in [0.15, 0.2) is 40.0 Å². The largest absolute Gasteiger partial charge is 0.416 e. The van der Waals surface area contributed by atoms with Crippen LogP contribution in [0.25, 0.3) is 0 Å². The van der Waals surface area contributed by atoms with Crippen LogP contribution in [0.2, 0.25) is 0 Å². The van der Waals surface area contributed by atoms with Crippen molar-refractivity contribution in [1.82, 2.24) is 10.2 Å². The summed E-state index contributed by atoms with van der Waals surface area (Å²) in [7, 11) is 0. The highest BCUT2D eigenvalue weighted by Crippen LogP contribution is 2.36. The molecule has 2 rings (SSSR count). The normalized spacial score (nSPS) is 14.5. The van der Waals surface area contributed by atoms with E-state index in [2.05, 4.69) is 22.3 Å². The van der Waals surface area contributed by atoms with Gasteiger partial charge in [-0.2, -0.15) is 0 Å². The van der Waals surface area contributed by atoms with Crippen LogP contribution in [0.4, 0.5) is 0 Å². The van der Waals surface area contributed by atoms with E-state index in [0.717, 1.165) is 0 Å². The van der Waals surface area contributed by atoms with Gasteiger partial charge in [-0.05, 0) is 12.5 Å². The number of hydrogen-bond donors (Lipinski definition) is 1. The molecule has 2 unspecified atom stereocenters. The summed E-state index contributed by atoms with van der Waals surface area (Å²) < 4.78 is 5.37. The summed E-state index contributed by atoms with van der Waals surface area (Å²) in [6, 6.07) is 10.1. The third-order valence-corrected chi connectivity index (χ3v) is 3.66. The molecule has 0 aliphatic heterocycles. The van der Waals surface area contributed by atoms with Crippen LogP contribution in [0.5, 0.6) is 0 Å². The molecular weight excluding hydrogens is 234 g/mol. The molecule has 1 heterocycles. The predicted molar refractivity (Wildman–Crippen MR) is 67.7 cm³/mol. The summed E-state index contributed by atoms with van der Waals surface area (Å²) >= 11 is 1.51. The van der Waals surface area contributed by atoms with Gasteiger partial charge in [-0.25, -0.2) is 0 Å². The lowest BCUT2D eigenvalue weighted by molar-refractivity contribution is 0.427.